The van der Waals surface area contributed by atoms with Crippen molar-refractivity contribution in [3.63, 3.8) is 0 Å². The van der Waals surface area contributed by atoms with Gasteiger partial charge in [-0.15, -0.1) is 0 Å². The normalized spacial score (nSPS) is 41.3. The lowest BCUT2D eigenvalue weighted by molar-refractivity contribution is -0.0743. The van der Waals surface area contributed by atoms with Crippen molar-refractivity contribution in [2.75, 3.05) is 0 Å². The molecule has 0 unspecified atom stereocenters. The molecule has 2 aliphatic rings. The molecular formula is C16H30O. The second-order valence-electron chi connectivity index (χ2n) is 6.70. The second kappa shape index (κ2) is 6.22. The molecule has 100 valence electrons. The minimum absolute atomic E-state index is 0.304. The van der Waals surface area contributed by atoms with Gasteiger partial charge in [-0.25, -0.2) is 0 Å². The zero-order valence-electron chi connectivity index (χ0n) is 11.6. The summed E-state index contributed by atoms with van der Waals surface area (Å²) >= 11 is 0. The molecule has 0 aromatic carbocycles. The van der Waals surface area contributed by atoms with E-state index in [4.69, 9.17) is 0 Å². The Kier molecular flexibility index (Phi) is 4.90. The summed E-state index contributed by atoms with van der Waals surface area (Å²) in [6.07, 6.45) is 15.6. The van der Waals surface area contributed by atoms with Crippen molar-refractivity contribution < 1.29 is 5.11 Å². The monoisotopic (exact) mass is 238 g/mol. The molecule has 17 heavy (non-hydrogen) atoms. The Hall–Kier alpha value is -0.0400. The standard InChI is InChI=1S/C16H30O/c1-14-10-11-15-9-7-5-3-2-4-6-8-12-16(15,17)13-14/h14-15,17H,2-13H2,1H3/t14-,15+,16-/m1/s1. The van der Waals surface area contributed by atoms with Crippen LogP contribution in [0.3, 0.4) is 0 Å². The third kappa shape index (κ3) is 3.71. The maximum absolute atomic E-state index is 11.0. The van der Waals surface area contributed by atoms with Crippen LogP contribution in [-0.4, -0.2) is 10.7 Å². The van der Waals surface area contributed by atoms with Crippen LogP contribution < -0.4 is 0 Å². The topological polar surface area (TPSA) is 20.2 Å². The lowest BCUT2D eigenvalue weighted by Gasteiger charge is -2.43. The number of hydrogen-bond acceptors (Lipinski definition) is 1. The SMILES string of the molecule is C[C@@H]1CC[C@@H]2CCCCCCCCC[C@@]2(O)C1. The molecule has 1 nitrogen and oxygen atoms in total. The van der Waals surface area contributed by atoms with Crippen LogP contribution in [-0.2, 0) is 0 Å². The van der Waals surface area contributed by atoms with Crippen LogP contribution in [0.1, 0.15) is 84.0 Å². The molecule has 2 aliphatic carbocycles. The highest BCUT2D eigenvalue weighted by atomic mass is 16.3. The second-order valence-corrected chi connectivity index (χ2v) is 6.70. The number of hydrogen-bond donors (Lipinski definition) is 1. The largest absolute Gasteiger partial charge is 0.390 e. The van der Waals surface area contributed by atoms with Crippen molar-refractivity contribution >= 4 is 0 Å². The van der Waals surface area contributed by atoms with Crippen molar-refractivity contribution in [3.8, 4) is 0 Å². The molecule has 3 atom stereocenters. The molecule has 2 rings (SSSR count). The van der Waals surface area contributed by atoms with Crippen LogP contribution >= 0.6 is 0 Å². The van der Waals surface area contributed by atoms with E-state index in [9.17, 15) is 5.11 Å². The molecule has 0 amide bonds. The van der Waals surface area contributed by atoms with Gasteiger partial charge in [0.2, 0.25) is 0 Å². The van der Waals surface area contributed by atoms with E-state index in [1.54, 1.807) is 0 Å². The van der Waals surface area contributed by atoms with Crippen molar-refractivity contribution in [2.24, 2.45) is 11.8 Å². The molecule has 2 saturated carbocycles. The third-order valence-corrected chi connectivity index (χ3v) is 5.13. The molecular weight excluding hydrogens is 208 g/mol. The van der Waals surface area contributed by atoms with Gasteiger partial charge in [-0.2, -0.15) is 0 Å². The van der Waals surface area contributed by atoms with E-state index in [1.165, 1.54) is 64.2 Å². The summed E-state index contributed by atoms with van der Waals surface area (Å²) in [5, 5.41) is 11.0. The first-order valence-electron chi connectivity index (χ1n) is 7.93. The van der Waals surface area contributed by atoms with Gasteiger partial charge < -0.3 is 5.11 Å². The van der Waals surface area contributed by atoms with Gasteiger partial charge in [0.05, 0.1) is 5.60 Å². The lowest BCUT2D eigenvalue weighted by Crippen LogP contribution is -2.43. The highest BCUT2D eigenvalue weighted by Crippen LogP contribution is 2.43. The Morgan fingerprint density at radius 3 is 2.24 bits per heavy atom. The van der Waals surface area contributed by atoms with Gasteiger partial charge in [0.25, 0.3) is 0 Å². The van der Waals surface area contributed by atoms with Gasteiger partial charge >= 0.3 is 0 Å². The van der Waals surface area contributed by atoms with Gasteiger partial charge in [0, 0.05) is 0 Å². The molecule has 1 N–H and O–H groups in total. The van der Waals surface area contributed by atoms with Crippen molar-refractivity contribution in [3.05, 3.63) is 0 Å². The number of aliphatic hydroxyl groups is 1. The fourth-order valence-electron chi connectivity index (χ4n) is 4.05. The molecule has 0 radical (unpaired) electrons. The van der Waals surface area contributed by atoms with E-state index < -0.39 is 0 Å². The van der Waals surface area contributed by atoms with E-state index in [1.807, 2.05) is 0 Å². The molecule has 0 heterocycles. The molecule has 0 aliphatic heterocycles. The summed E-state index contributed by atoms with van der Waals surface area (Å²) in [6, 6.07) is 0. The van der Waals surface area contributed by atoms with Crippen LogP contribution in [0, 0.1) is 11.8 Å². The Morgan fingerprint density at radius 2 is 1.47 bits per heavy atom. The first-order chi connectivity index (χ1) is 8.21. The van der Waals surface area contributed by atoms with Crippen molar-refractivity contribution in [1.29, 1.82) is 0 Å². The van der Waals surface area contributed by atoms with Gasteiger partial charge in [-0.1, -0.05) is 58.3 Å². The fraction of sp³-hybridized carbons (Fsp3) is 1.00. The van der Waals surface area contributed by atoms with Gasteiger partial charge in [-0.05, 0) is 37.5 Å². The quantitative estimate of drug-likeness (QED) is 0.650. The molecule has 0 aromatic heterocycles. The summed E-state index contributed by atoms with van der Waals surface area (Å²) in [7, 11) is 0. The number of fused-ring (bicyclic) bond motifs is 1. The predicted octanol–water partition coefficient (Wildman–Crippen LogP) is 4.68. The van der Waals surface area contributed by atoms with Crippen LogP contribution in [0.2, 0.25) is 0 Å². The summed E-state index contributed by atoms with van der Waals surface area (Å²) in [5.41, 5.74) is -0.304. The van der Waals surface area contributed by atoms with E-state index in [2.05, 4.69) is 6.92 Å². The van der Waals surface area contributed by atoms with E-state index in [0.29, 0.717) is 5.92 Å². The average molecular weight is 238 g/mol. The highest BCUT2D eigenvalue weighted by molar-refractivity contribution is 4.92. The molecule has 1 heteroatoms. The smallest absolute Gasteiger partial charge is 0.0678 e. The third-order valence-electron chi connectivity index (χ3n) is 5.13. The lowest BCUT2D eigenvalue weighted by atomic mass is 9.67. The van der Waals surface area contributed by atoms with E-state index >= 15 is 0 Å². The maximum atomic E-state index is 11.0. The molecule has 0 spiro atoms. The van der Waals surface area contributed by atoms with Crippen molar-refractivity contribution in [1.82, 2.24) is 0 Å². The van der Waals surface area contributed by atoms with Gasteiger partial charge in [0.15, 0.2) is 0 Å². The Balaban J connectivity index is 1.98. The van der Waals surface area contributed by atoms with Crippen LogP contribution in [0.4, 0.5) is 0 Å². The van der Waals surface area contributed by atoms with E-state index in [0.717, 1.165) is 18.8 Å². The Bertz CT molecular complexity index is 226. The zero-order chi connectivity index (χ0) is 12.1. The first-order valence-corrected chi connectivity index (χ1v) is 7.93. The molecule has 0 saturated heterocycles. The summed E-state index contributed by atoms with van der Waals surface area (Å²) < 4.78 is 0. The predicted molar refractivity (Wildman–Crippen MR) is 73.0 cm³/mol. The van der Waals surface area contributed by atoms with Crippen LogP contribution in [0.25, 0.3) is 0 Å². The number of rotatable bonds is 0. The maximum Gasteiger partial charge on any atom is 0.0678 e. The first kappa shape index (κ1) is 13.4. The van der Waals surface area contributed by atoms with E-state index in [-0.39, 0.29) is 5.60 Å². The average Bonchev–Trinajstić information content (AvgIpc) is 2.32. The molecule has 0 aromatic rings. The minimum atomic E-state index is -0.304. The molecule has 2 fully saturated rings. The summed E-state index contributed by atoms with van der Waals surface area (Å²) in [4.78, 5) is 0. The van der Waals surface area contributed by atoms with Gasteiger partial charge in [-0.3, -0.25) is 0 Å². The molecule has 0 bridgehead atoms. The minimum Gasteiger partial charge on any atom is -0.390 e. The van der Waals surface area contributed by atoms with Crippen LogP contribution in [0.15, 0.2) is 0 Å². The Labute approximate surface area is 107 Å². The van der Waals surface area contributed by atoms with Crippen molar-refractivity contribution in [2.45, 2.75) is 89.6 Å². The highest BCUT2D eigenvalue weighted by Gasteiger charge is 2.40. The fourth-order valence-corrected chi connectivity index (χ4v) is 4.05. The summed E-state index contributed by atoms with van der Waals surface area (Å²) in [5.74, 6) is 1.35. The summed E-state index contributed by atoms with van der Waals surface area (Å²) in [6.45, 7) is 2.32. The Morgan fingerprint density at radius 1 is 0.824 bits per heavy atom. The van der Waals surface area contributed by atoms with Gasteiger partial charge in [0.1, 0.15) is 0 Å². The zero-order valence-corrected chi connectivity index (χ0v) is 11.6. The van der Waals surface area contributed by atoms with Crippen LogP contribution in [0.5, 0.6) is 0 Å².